The van der Waals surface area contributed by atoms with Gasteiger partial charge in [0.05, 0.1) is 5.41 Å². The Morgan fingerprint density at radius 2 is 1.27 bits per heavy atom. The molecule has 0 atom stereocenters. The van der Waals surface area contributed by atoms with Crippen LogP contribution in [0.2, 0.25) is 0 Å². The highest BCUT2D eigenvalue weighted by Gasteiger charge is 2.49. The van der Waals surface area contributed by atoms with Crippen molar-refractivity contribution < 1.29 is 4.79 Å². The summed E-state index contributed by atoms with van der Waals surface area (Å²) in [5, 5.41) is 0. The monoisotopic (exact) mass is 306 g/mol. The second-order valence-corrected chi connectivity index (χ2v) is 5.64. The molecule has 0 N–H and O–H groups in total. The zero-order chi connectivity index (χ0) is 17.6. The van der Waals surface area contributed by atoms with Crippen LogP contribution in [0.5, 0.6) is 0 Å². The van der Waals surface area contributed by atoms with E-state index in [0.29, 0.717) is 12.2 Å². The summed E-state index contributed by atoms with van der Waals surface area (Å²) in [5.41, 5.74) is 2.38. The first kappa shape index (κ1) is 23.2. The van der Waals surface area contributed by atoms with Crippen LogP contribution in [0.3, 0.4) is 0 Å². The van der Waals surface area contributed by atoms with E-state index in [1.165, 1.54) is 24.0 Å². The lowest BCUT2D eigenvalue weighted by molar-refractivity contribution is -0.121. The summed E-state index contributed by atoms with van der Waals surface area (Å²) in [6.07, 6.45) is 5.25. The van der Waals surface area contributed by atoms with E-state index in [4.69, 9.17) is 0 Å². The third kappa shape index (κ3) is 7.77. The van der Waals surface area contributed by atoms with E-state index in [-0.39, 0.29) is 5.41 Å². The summed E-state index contributed by atoms with van der Waals surface area (Å²) < 4.78 is 0. The van der Waals surface area contributed by atoms with Crippen LogP contribution in [-0.2, 0) is 10.2 Å². The molecule has 1 saturated carbocycles. The molecule has 0 saturated heterocycles. The average molecular weight is 307 g/mol. The Balaban J connectivity index is 0. The zero-order valence-corrected chi connectivity index (χ0v) is 16.3. The highest BCUT2D eigenvalue weighted by atomic mass is 16.1. The lowest BCUT2D eigenvalue weighted by atomic mass is 9.89. The molecule has 0 aliphatic heterocycles. The Morgan fingerprint density at radius 3 is 1.55 bits per heavy atom. The minimum atomic E-state index is -0.0948. The lowest BCUT2D eigenvalue weighted by Gasteiger charge is -2.13. The molecule has 1 aromatic carbocycles. The van der Waals surface area contributed by atoms with Crippen molar-refractivity contribution in [3.8, 4) is 0 Å². The molecule has 1 nitrogen and oxygen atoms in total. The molecule has 1 heteroatoms. The molecule has 128 valence electrons. The molecule has 0 amide bonds. The number of rotatable bonds is 3. The van der Waals surface area contributed by atoms with E-state index in [2.05, 4.69) is 58.9 Å². The molecule has 0 heterocycles. The SMILES string of the molecule is CC.CCC.CCC.CCC(=O)C1(c2ccc(C)cc2)CC1. The van der Waals surface area contributed by atoms with Crippen molar-refractivity contribution in [2.24, 2.45) is 0 Å². The Bertz CT molecular complexity index is 369. The van der Waals surface area contributed by atoms with Gasteiger partial charge in [-0.25, -0.2) is 0 Å². The molecular formula is C21H38O. The lowest BCUT2D eigenvalue weighted by Crippen LogP contribution is -2.19. The van der Waals surface area contributed by atoms with Crippen LogP contribution in [0.25, 0.3) is 0 Å². The van der Waals surface area contributed by atoms with Gasteiger partial charge in [0.25, 0.3) is 0 Å². The van der Waals surface area contributed by atoms with Gasteiger partial charge in [-0.2, -0.15) is 0 Å². The molecule has 0 radical (unpaired) electrons. The quantitative estimate of drug-likeness (QED) is 0.596. The number of aryl methyl sites for hydroxylation is 1. The van der Waals surface area contributed by atoms with Crippen molar-refractivity contribution >= 4 is 5.78 Å². The molecular weight excluding hydrogens is 268 g/mol. The van der Waals surface area contributed by atoms with Crippen LogP contribution >= 0.6 is 0 Å². The van der Waals surface area contributed by atoms with E-state index in [1.54, 1.807) is 0 Å². The molecule has 0 unspecified atom stereocenters. The number of carbonyl (C=O) groups excluding carboxylic acids is 1. The van der Waals surface area contributed by atoms with Gasteiger partial charge in [-0.1, -0.05) is 91.1 Å². The summed E-state index contributed by atoms with van der Waals surface area (Å²) in [6.45, 7) is 16.5. The molecule has 0 aromatic heterocycles. The first-order valence-corrected chi connectivity index (χ1v) is 9.12. The van der Waals surface area contributed by atoms with Gasteiger partial charge in [0, 0.05) is 6.42 Å². The molecule has 0 spiro atoms. The molecule has 1 fully saturated rings. The van der Waals surface area contributed by atoms with Crippen molar-refractivity contribution in [3.05, 3.63) is 35.4 Å². The molecule has 1 aliphatic carbocycles. The van der Waals surface area contributed by atoms with E-state index in [1.807, 2.05) is 20.8 Å². The Kier molecular flexibility index (Phi) is 14.3. The molecule has 0 bridgehead atoms. The topological polar surface area (TPSA) is 17.1 Å². The van der Waals surface area contributed by atoms with Crippen molar-refractivity contribution in [1.29, 1.82) is 0 Å². The maximum atomic E-state index is 11.8. The van der Waals surface area contributed by atoms with Crippen LogP contribution in [0, 0.1) is 6.92 Å². The van der Waals surface area contributed by atoms with E-state index >= 15 is 0 Å². The predicted molar refractivity (Wildman–Crippen MR) is 101 cm³/mol. The van der Waals surface area contributed by atoms with Gasteiger partial charge in [-0.3, -0.25) is 4.79 Å². The standard InChI is InChI=1S/C13H16O.2C3H8.C2H6/c1-3-12(14)13(8-9-13)11-6-4-10(2)5-7-11;2*1-3-2;1-2/h4-7H,3,8-9H2,1-2H3;2*3H2,1-2H3;1-2H3. The fraction of sp³-hybridized carbons (Fsp3) is 0.667. The second kappa shape index (κ2) is 13.5. The predicted octanol–water partition coefficient (Wildman–Crippen LogP) is 6.86. The van der Waals surface area contributed by atoms with Crippen molar-refractivity contribution in [3.63, 3.8) is 0 Å². The van der Waals surface area contributed by atoms with Crippen molar-refractivity contribution in [2.75, 3.05) is 0 Å². The highest BCUT2D eigenvalue weighted by Crippen LogP contribution is 2.49. The minimum Gasteiger partial charge on any atom is -0.299 e. The summed E-state index contributed by atoms with van der Waals surface area (Å²) in [7, 11) is 0. The summed E-state index contributed by atoms with van der Waals surface area (Å²) >= 11 is 0. The van der Waals surface area contributed by atoms with Gasteiger partial charge in [0.15, 0.2) is 0 Å². The smallest absolute Gasteiger partial charge is 0.143 e. The normalized spacial score (nSPS) is 13.3. The van der Waals surface area contributed by atoms with Crippen LogP contribution in [0.15, 0.2) is 24.3 Å². The number of Topliss-reactive ketones (excluding diaryl/α,β-unsaturated/α-hetero) is 1. The number of hydrogen-bond donors (Lipinski definition) is 0. The van der Waals surface area contributed by atoms with Crippen LogP contribution < -0.4 is 0 Å². The largest absolute Gasteiger partial charge is 0.299 e. The average Bonchev–Trinajstić information content (AvgIpc) is 3.32. The molecule has 22 heavy (non-hydrogen) atoms. The third-order valence-corrected chi connectivity index (χ3v) is 3.21. The zero-order valence-electron chi connectivity index (χ0n) is 16.3. The minimum absolute atomic E-state index is 0.0948. The summed E-state index contributed by atoms with van der Waals surface area (Å²) in [5.74, 6) is 0.404. The molecule has 1 aromatic rings. The second-order valence-electron chi connectivity index (χ2n) is 5.64. The maximum absolute atomic E-state index is 11.8. The number of benzene rings is 1. The Morgan fingerprint density at radius 1 is 0.909 bits per heavy atom. The fourth-order valence-electron chi connectivity index (χ4n) is 2.06. The Labute approximate surface area is 139 Å². The first-order valence-electron chi connectivity index (χ1n) is 9.12. The fourth-order valence-corrected chi connectivity index (χ4v) is 2.06. The van der Waals surface area contributed by atoms with Gasteiger partial charge >= 0.3 is 0 Å². The van der Waals surface area contributed by atoms with Gasteiger partial charge in [0.1, 0.15) is 5.78 Å². The maximum Gasteiger partial charge on any atom is 0.143 e. The van der Waals surface area contributed by atoms with Crippen LogP contribution in [0.4, 0.5) is 0 Å². The van der Waals surface area contributed by atoms with Gasteiger partial charge in [-0.15, -0.1) is 0 Å². The molecule has 2 rings (SSSR count). The van der Waals surface area contributed by atoms with Gasteiger partial charge in [-0.05, 0) is 25.3 Å². The van der Waals surface area contributed by atoms with Gasteiger partial charge < -0.3 is 0 Å². The first-order chi connectivity index (χ1) is 10.5. The van der Waals surface area contributed by atoms with E-state index in [0.717, 1.165) is 12.8 Å². The van der Waals surface area contributed by atoms with Crippen molar-refractivity contribution in [2.45, 2.75) is 92.9 Å². The van der Waals surface area contributed by atoms with Crippen LogP contribution in [-0.4, -0.2) is 5.78 Å². The number of carbonyl (C=O) groups is 1. The third-order valence-electron chi connectivity index (χ3n) is 3.21. The van der Waals surface area contributed by atoms with Crippen molar-refractivity contribution in [1.82, 2.24) is 0 Å². The summed E-state index contributed by atoms with van der Waals surface area (Å²) in [6, 6.07) is 8.41. The number of hydrogen-bond acceptors (Lipinski definition) is 1. The Hall–Kier alpha value is -1.11. The van der Waals surface area contributed by atoms with E-state index in [9.17, 15) is 4.79 Å². The van der Waals surface area contributed by atoms with Crippen LogP contribution in [0.1, 0.15) is 91.7 Å². The van der Waals surface area contributed by atoms with E-state index < -0.39 is 0 Å². The summed E-state index contributed by atoms with van der Waals surface area (Å²) in [4.78, 5) is 11.8. The van der Waals surface area contributed by atoms with Gasteiger partial charge in [0.2, 0.25) is 0 Å². The highest BCUT2D eigenvalue weighted by molar-refractivity contribution is 5.92. The molecule has 1 aliphatic rings. The number of ketones is 1.